The smallest absolute Gasteiger partial charge is 0.226 e. The molecule has 136 valence electrons. The Morgan fingerprint density at radius 1 is 1.28 bits per heavy atom. The number of fused-ring (bicyclic) bond motifs is 1. The number of ether oxygens (including phenoxy) is 1. The molecule has 4 rings (SSSR count). The average molecular weight is 342 g/mol. The van der Waals surface area contributed by atoms with Crippen molar-refractivity contribution in [3.05, 3.63) is 29.3 Å². The Labute approximate surface area is 150 Å². The molecule has 2 atom stereocenters. The van der Waals surface area contributed by atoms with Crippen LogP contribution in [0.25, 0.3) is 0 Å². The van der Waals surface area contributed by atoms with Gasteiger partial charge >= 0.3 is 0 Å². The molecule has 1 N–H and O–H groups in total. The standard InChI is InChI=1S/C21H30N2O2/c1-15-12-18(8-10-22-15)21(24)23(19-4-2-3-5-19)14-16-6-7-20-17(13-16)9-11-25-20/h6-7,13,15,18-19,22H,2-5,8-12,14H2,1H3/t15-,18-/m0/s1. The highest BCUT2D eigenvalue weighted by Crippen LogP contribution is 2.31. The molecule has 1 amide bonds. The van der Waals surface area contributed by atoms with Gasteiger partial charge in [-0.2, -0.15) is 0 Å². The molecular formula is C21H30N2O2. The maximum atomic E-state index is 13.3. The zero-order valence-electron chi connectivity index (χ0n) is 15.3. The van der Waals surface area contributed by atoms with Crippen molar-refractivity contribution in [3.8, 4) is 5.75 Å². The number of hydrogen-bond donors (Lipinski definition) is 1. The van der Waals surface area contributed by atoms with Gasteiger partial charge < -0.3 is 15.0 Å². The Balaban J connectivity index is 1.52. The van der Waals surface area contributed by atoms with Crippen LogP contribution in [0.15, 0.2) is 18.2 Å². The van der Waals surface area contributed by atoms with E-state index in [0.717, 1.165) is 44.7 Å². The molecule has 0 radical (unpaired) electrons. The molecule has 25 heavy (non-hydrogen) atoms. The largest absolute Gasteiger partial charge is 0.493 e. The molecular weight excluding hydrogens is 312 g/mol. The summed E-state index contributed by atoms with van der Waals surface area (Å²) in [6, 6.07) is 7.36. The summed E-state index contributed by atoms with van der Waals surface area (Å²) in [5.41, 5.74) is 2.55. The Bertz CT molecular complexity index is 624. The van der Waals surface area contributed by atoms with Gasteiger partial charge in [-0.25, -0.2) is 0 Å². The lowest BCUT2D eigenvalue weighted by atomic mass is 9.91. The fourth-order valence-corrected chi connectivity index (χ4v) is 4.73. The van der Waals surface area contributed by atoms with Crippen LogP contribution in [0.1, 0.15) is 56.6 Å². The number of benzene rings is 1. The Kier molecular flexibility index (Phi) is 4.98. The number of nitrogens with zero attached hydrogens (tertiary/aromatic N) is 1. The van der Waals surface area contributed by atoms with Gasteiger partial charge in [-0.1, -0.05) is 25.0 Å². The Morgan fingerprint density at radius 3 is 2.92 bits per heavy atom. The summed E-state index contributed by atoms with van der Waals surface area (Å²) < 4.78 is 5.63. The molecule has 1 aromatic rings. The molecule has 3 aliphatic rings. The first-order valence-electron chi connectivity index (χ1n) is 9.99. The number of carbonyl (C=O) groups is 1. The van der Waals surface area contributed by atoms with Gasteiger partial charge in [-0.3, -0.25) is 4.79 Å². The van der Waals surface area contributed by atoms with Gasteiger partial charge in [-0.05, 0) is 56.3 Å². The van der Waals surface area contributed by atoms with Crippen LogP contribution < -0.4 is 10.1 Å². The number of amides is 1. The molecule has 1 aromatic carbocycles. The summed E-state index contributed by atoms with van der Waals surface area (Å²) in [7, 11) is 0. The molecule has 1 aliphatic carbocycles. The first-order chi connectivity index (χ1) is 12.2. The second kappa shape index (κ2) is 7.36. The van der Waals surface area contributed by atoms with Crippen LogP contribution in [0.3, 0.4) is 0 Å². The van der Waals surface area contributed by atoms with Crippen LogP contribution in [0.5, 0.6) is 5.75 Å². The van der Waals surface area contributed by atoms with Crippen molar-refractivity contribution in [3.63, 3.8) is 0 Å². The summed E-state index contributed by atoms with van der Waals surface area (Å²) in [6.45, 7) is 4.71. The van der Waals surface area contributed by atoms with E-state index in [0.29, 0.717) is 18.0 Å². The second-order valence-corrected chi connectivity index (χ2v) is 8.02. The first-order valence-corrected chi connectivity index (χ1v) is 9.99. The molecule has 0 spiro atoms. The van der Waals surface area contributed by atoms with Crippen LogP contribution >= 0.6 is 0 Å². The van der Waals surface area contributed by atoms with Gasteiger partial charge in [0.15, 0.2) is 0 Å². The molecule has 0 bridgehead atoms. The lowest BCUT2D eigenvalue weighted by Crippen LogP contribution is -2.46. The summed E-state index contributed by atoms with van der Waals surface area (Å²) in [5, 5.41) is 3.47. The minimum atomic E-state index is 0.189. The van der Waals surface area contributed by atoms with E-state index in [1.165, 1.54) is 36.8 Å². The van der Waals surface area contributed by atoms with E-state index in [1.807, 2.05) is 0 Å². The van der Waals surface area contributed by atoms with Gasteiger partial charge in [0.25, 0.3) is 0 Å². The molecule has 4 heteroatoms. The maximum Gasteiger partial charge on any atom is 0.226 e. The van der Waals surface area contributed by atoms with Crippen molar-refractivity contribution in [2.75, 3.05) is 13.2 Å². The topological polar surface area (TPSA) is 41.6 Å². The summed E-state index contributed by atoms with van der Waals surface area (Å²) in [4.78, 5) is 15.6. The Morgan fingerprint density at radius 2 is 2.12 bits per heavy atom. The van der Waals surface area contributed by atoms with E-state index in [-0.39, 0.29) is 5.92 Å². The van der Waals surface area contributed by atoms with Gasteiger partial charge in [0.2, 0.25) is 5.91 Å². The van der Waals surface area contributed by atoms with Gasteiger partial charge in [0.05, 0.1) is 6.61 Å². The van der Waals surface area contributed by atoms with Crippen LogP contribution in [-0.2, 0) is 17.8 Å². The van der Waals surface area contributed by atoms with E-state index in [1.54, 1.807) is 0 Å². The van der Waals surface area contributed by atoms with E-state index >= 15 is 0 Å². The third-order valence-electron chi connectivity index (χ3n) is 6.13. The zero-order valence-corrected chi connectivity index (χ0v) is 15.3. The quantitative estimate of drug-likeness (QED) is 0.913. The number of rotatable bonds is 4. The molecule has 0 aromatic heterocycles. The SMILES string of the molecule is C[C@H]1C[C@@H](C(=O)N(Cc2ccc3c(c2)CCO3)C2CCCC2)CCN1. The number of hydrogen-bond acceptors (Lipinski definition) is 3. The highest BCUT2D eigenvalue weighted by atomic mass is 16.5. The predicted molar refractivity (Wildman–Crippen MR) is 98.6 cm³/mol. The monoisotopic (exact) mass is 342 g/mol. The van der Waals surface area contributed by atoms with Crippen LogP contribution in [0.4, 0.5) is 0 Å². The molecule has 2 heterocycles. The number of carbonyl (C=O) groups excluding carboxylic acids is 1. The van der Waals surface area contributed by atoms with Crippen LogP contribution in [-0.4, -0.2) is 36.0 Å². The fraction of sp³-hybridized carbons (Fsp3) is 0.667. The molecule has 1 saturated heterocycles. The van der Waals surface area contributed by atoms with Crippen molar-refractivity contribution in [2.45, 2.75) is 70.5 Å². The molecule has 2 fully saturated rings. The van der Waals surface area contributed by atoms with Crippen molar-refractivity contribution >= 4 is 5.91 Å². The lowest BCUT2D eigenvalue weighted by Gasteiger charge is -2.35. The van der Waals surface area contributed by atoms with Crippen molar-refractivity contribution < 1.29 is 9.53 Å². The molecule has 4 nitrogen and oxygen atoms in total. The van der Waals surface area contributed by atoms with Crippen molar-refractivity contribution in [2.24, 2.45) is 5.92 Å². The molecule has 0 unspecified atom stereocenters. The minimum Gasteiger partial charge on any atom is -0.493 e. The predicted octanol–water partition coefficient (Wildman–Crippen LogP) is 3.28. The van der Waals surface area contributed by atoms with Gasteiger partial charge in [0.1, 0.15) is 5.75 Å². The zero-order chi connectivity index (χ0) is 17.2. The highest BCUT2D eigenvalue weighted by molar-refractivity contribution is 5.79. The van der Waals surface area contributed by atoms with E-state index in [2.05, 4.69) is 35.3 Å². The normalized spacial score (nSPS) is 26.3. The van der Waals surface area contributed by atoms with Gasteiger partial charge in [0, 0.05) is 31.0 Å². The average Bonchev–Trinajstić information content (AvgIpc) is 3.30. The molecule has 1 saturated carbocycles. The van der Waals surface area contributed by atoms with Crippen molar-refractivity contribution in [1.29, 1.82) is 0 Å². The third kappa shape index (κ3) is 3.69. The summed E-state index contributed by atoms with van der Waals surface area (Å²) in [6.07, 6.45) is 7.79. The summed E-state index contributed by atoms with van der Waals surface area (Å²) >= 11 is 0. The third-order valence-corrected chi connectivity index (χ3v) is 6.13. The summed E-state index contributed by atoms with van der Waals surface area (Å²) in [5.74, 6) is 1.60. The number of piperidine rings is 1. The maximum absolute atomic E-state index is 13.3. The Hall–Kier alpha value is -1.55. The van der Waals surface area contributed by atoms with Gasteiger partial charge in [-0.15, -0.1) is 0 Å². The first kappa shape index (κ1) is 16.9. The number of nitrogens with one attached hydrogen (secondary N) is 1. The second-order valence-electron chi connectivity index (χ2n) is 8.02. The van der Waals surface area contributed by atoms with Crippen molar-refractivity contribution in [1.82, 2.24) is 10.2 Å². The van der Waals surface area contributed by atoms with E-state index in [9.17, 15) is 4.79 Å². The van der Waals surface area contributed by atoms with Crippen LogP contribution in [0.2, 0.25) is 0 Å². The van der Waals surface area contributed by atoms with Crippen LogP contribution in [0, 0.1) is 5.92 Å². The van der Waals surface area contributed by atoms with E-state index in [4.69, 9.17) is 4.74 Å². The lowest BCUT2D eigenvalue weighted by molar-refractivity contribution is -0.139. The highest BCUT2D eigenvalue weighted by Gasteiger charge is 2.33. The van der Waals surface area contributed by atoms with E-state index < -0.39 is 0 Å². The minimum absolute atomic E-state index is 0.189. The fourth-order valence-electron chi connectivity index (χ4n) is 4.73. The molecule has 2 aliphatic heterocycles.